The summed E-state index contributed by atoms with van der Waals surface area (Å²) >= 11 is 6.24. The van der Waals surface area contributed by atoms with Crippen LogP contribution in [0.4, 0.5) is 0 Å². The lowest BCUT2D eigenvalue weighted by molar-refractivity contribution is 0.592. The van der Waals surface area contributed by atoms with Crippen LogP contribution in [0, 0.1) is 13.8 Å². The number of rotatable bonds is 4. The summed E-state index contributed by atoms with van der Waals surface area (Å²) in [5.41, 5.74) is 4.16. The van der Waals surface area contributed by atoms with E-state index in [0.717, 1.165) is 28.6 Å². The van der Waals surface area contributed by atoms with E-state index in [1.807, 2.05) is 24.6 Å². The minimum absolute atomic E-state index is 0.281. The second kappa shape index (κ2) is 5.76. The van der Waals surface area contributed by atoms with E-state index in [1.165, 1.54) is 5.56 Å². The van der Waals surface area contributed by atoms with Crippen molar-refractivity contribution >= 4 is 11.6 Å². The molecular weight excluding hydrogens is 258 g/mol. The first-order valence-electron chi connectivity index (χ1n) is 6.60. The van der Waals surface area contributed by atoms with Crippen molar-refractivity contribution in [1.82, 2.24) is 15.1 Å². The van der Waals surface area contributed by atoms with Crippen LogP contribution in [0.2, 0.25) is 5.02 Å². The van der Waals surface area contributed by atoms with E-state index in [1.54, 1.807) is 0 Å². The standard InChI is InChI=1S/C15H20ClN3/c1-5-17-10(2)13-8-6-7-9-14(13)19-12(4)15(16)11(3)18-19/h6-10,17H,5H2,1-4H3. The molecule has 1 heterocycles. The predicted molar refractivity (Wildman–Crippen MR) is 80.1 cm³/mol. The molecule has 0 fully saturated rings. The van der Waals surface area contributed by atoms with Gasteiger partial charge in [-0.3, -0.25) is 0 Å². The molecule has 0 saturated heterocycles. The average molecular weight is 278 g/mol. The van der Waals surface area contributed by atoms with Crippen LogP contribution in [0.1, 0.15) is 36.8 Å². The van der Waals surface area contributed by atoms with Gasteiger partial charge < -0.3 is 5.32 Å². The van der Waals surface area contributed by atoms with Crippen LogP contribution in [0.25, 0.3) is 5.69 Å². The molecule has 0 spiro atoms. The molecule has 19 heavy (non-hydrogen) atoms. The Kier molecular flexibility index (Phi) is 4.27. The van der Waals surface area contributed by atoms with Crippen LogP contribution in [-0.2, 0) is 0 Å². The van der Waals surface area contributed by atoms with Crippen LogP contribution in [0.5, 0.6) is 0 Å². The summed E-state index contributed by atoms with van der Waals surface area (Å²) in [4.78, 5) is 0. The number of aryl methyl sites for hydroxylation is 1. The smallest absolute Gasteiger partial charge is 0.0848 e. The molecule has 1 N–H and O–H groups in total. The highest BCUT2D eigenvalue weighted by molar-refractivity contribution is 6.31. The summed E-state index contributed by atoms with van der Waals surface area (Å²) in [5.74, 6) is 0. The second-order valence-electron chi connectivity index (χ2n) is 4.73. The topological polar surface area (TPSA) is 29.9 Å². The summed E-state index contributed by atoms with van der Waals surface area (Å²) < 4.78 is 1.93. The lowest BCUT2D eigenvalue weighted by Gasteiger charge is -2.17. The van der Waals surface area contributed by atoms with Gasteiger partial charge in [-0.25, -0.2) is 4.68 Å². The van der Waals surface area contributed by atoms with E-state index in [2.05, 4.69) is 42.5 Å². The molecule has 4 heteroatoms. The minimum atomic E-state index is 0.281. The van der Waals surface area contributed by atoms with E-state index in [9.17, 15) is 0 Å². The van der Waals surface area contributed by atoms with Crippen LogP contribution in [-0.4, -0.2) is 16.3 Å². The normalized spacial score (nSPS) is 12.7. The van der Waals surface area contributed by atoms with Crippen molar-refractivity contribution in [3.63, 3.8) is 0 Å². The molecule has 1 aromatic heterocycles. The molecule has 0 aliphatic carbocycles. The van der Waals surface area contributed by atoms with Gasteiger partial charge in [-0.15, -0.1) is 0 Å². The highest BCUT2D eigenvalue weighted by Gasteiger charge is 2.15. The quantitative estimate of drug-likeness (QED) is 0.921. The fourth-order valence-electron chi connectivity index (χ4n) is 2.32. The van der Waals surface area contributed by atoms with Crippen molar-refractivity contribution in [1.29, 1.82) is 0 Å². The van der Waals surface area contributed by atoms with E-state index < -0.39 is 0 Å². The number of para-hydroxylation sites is 1. The van der Waals surface area contributed by atoms with E-state index in [-0.39, 0.29) is 6.04 Å². The fraction of sp³-hybridized carbons (Fsp3) is 0.400. The fourth-order valence-corrected chi connectivity index (χ4v) is 2.44. The molecule has 1 unspecified atom stereocenters. The molecule has 3 nitrogen and oxygen atoms in total. The van der Waals surface area contributed by atoms with Crippen LogP contribution in [0.15, 0.2) is 24.3 Å². The highest BCUT2D eigenvalue weighted by Crippen LogP contribution is 2.26. The Hall–Kier alpha value is -1.32. The summed E-state index contributed by atoms with van der Waals surface area (Å²) in [6.45, 7) is 9.14. The van der Waals surface area contributed by atoms with E-state index in [0.29, 0.717) is 0 Å². The SMILES string of the molecule is CCNC(C)c1ccccc1-n1nc(C)c(Cl)c1C. The second-order valence-corrected chi connectivity index (χ2v) is 5.11. The zero-order valence-electron chi connectivity index (χ0n) is 11.9. The first kappa shape index (κ1) is 14.1. The third kappa shape index (κ3) is 2.67. The molecular formula is C15H20ClN3. The number of nitrogens with zero attached hydrogens (tertiary/aromatic N) is 2. The van der Waals surface area contributed by atoms with Crippen LogP contribution in [0.3, 0.4) is 0 Å². The lowest BCUT2D eigenvalue weighted by Crippen LogP contribution is -2.19. The van der Waals surface area contributed by atoms with Gasteiger partial charge in [0, 0.05) is 6.04 Å². The monoisotopic (exact) mass is 277 g/mol. The molecule has 102 valence electrons. The zero-order chi connectivity index (χ0) is 14.0. The lowest BCUT2D eigenvalue weighted by atomic mass is 10.1. The molecule has 2 aromatic rings. The Morgan fingerprint density at radius 3 is 2.58 bits per heavy atom. The summed E-state index contributed by atoms with van der Waals surface area (Å²) in [6.07, 6.45) is 0. The van der Waals surface area contributed by atoms with Gasteiger partial charge in [0.05, 0.1) is 22.1 Å². The first-order valence-corrected chi connectivity index (χ1v) is 6.98. The molecule has 0 amide bonds. The largest absolute Gasteiger partial charge is 0.310 e. The maximum Gasteiger partial charge on any atom is 0.0848 e. The Balaban J connectivity index is 2.53. The van der Waals surface area contributed by atoms with Crippen molar-refractivity contribution in [2.75, 3.05) is 6.54 Å². The third-order valence-electron chi connectivity index (χ3n) is 3.34. The van der Waals surface area contributed by atoms with Gasteiger partial charge in [-0.1, -0.05) is 36.7 Å². The number of hydrogen-bond acceptors (Lipinski definition) is 2. The maximum absolute atomic E-state index is 6.24. The predicted octanol–water partition coefficient (Wildman–Crippen LogP) is 3.81. The van der Waals surface area contributed by atoms with E-state index in [4.69, 9.17) is 11.6 Å². The summed E-state index contributed by atoms with van der Waals surface area (Å²) in [7, 11) is 0. The number of halogens is 1. The number of benzene rings is 1. The Bertz CT molecular complexity index is 575. The Morgan fingerprint density at radius 2 is 2.00 bits per heavy atom. The Labute approximate surface area is 119 Å². The van der Waals surface area contributed by atoms with Crippen molar-refractivity contribution in [2.45, 2.75) is 33.7 Å². The number of aromatic nitrogens is 2. The van der Waals surface area contributed by atoms with Crippen molar-refractivity contribution < 1.29 is 0 Å². The summed E-state index contributed by atoms with van der Waals surface area (Å²) in [6, 6.07) is 8.58. The molecule has 0 radical (unpaired) electrons. The molecule has 0 bridgehead atoms. The Morgan fingerprint density at radius 1 is 1.32 bits per heavy atom. The van der Waals surface area contributed by atoms with Gasteiger partial charge in [-0.05, 0) is 38.9 Å². The molecule has 1 aromatic carbocycles. The molecule has 1 atom stereocenters. The highest BCUT2D eigenvalue weighted by atomic mass is 35.5. The number of nitrogens with one attached hydrogen (secondary N) is 1. The third-order valence-corrected chi connectivity index (χ3v) is 3.89. The van der Waals surface area contributed by atoms with Gasteiger partial charge in [0.25, 0.3) is 0 Å². The van der Waals surface area contributed by atoms with Gasteiger partial charge in [-0.2, -0.15) is 5.10 Å². The van der Waals surface area contributed by atoms with Gasteiger partial charge >= 0.3 is 0 Å². The first-order chi connectivity index (χ1) is 9.06. The van der Waals surface area contributed by atoms with Crippen LogP contribution < -0.4 is 5.32 Å². The molecule has 0 saturated carbocycles. The van der Waals surface area contributed by atoms with Crippen molar-refractivity contribution in [3.8, 4) is 5.69 Å². The van der Waals surface area contributed by atoms with Gasteiger partial charge in [0.1, 0.15) is 0 Å². The van der Waals surface area contributed by atoms with Crippen molar-refractivity contribution in [2.24, 2.45) is 0 Å². The van der Waals surface area contributed by atoms with E-state index >= 15 is 0 Å². The zero-order valence-corrected chi connectivity index (χ0v) is 12.6. The summed E-state index contributed by atoms with van der Waals surface area (Å²) in [5, 5.41) is 8.72. The average Bonchev–Trinajstić information content (AvgIpc) is 2.67. The van der Waals surface area contributed by atoms with Crippen molar-refractivity contribution in [3.05, 3.63) is 46.2 Å². The maximum atomic E-state index is 6.24. The molecule has 2 rings (SSSR count). The number of hydrogen-bond donors (Lipinski definition) is 1. The molecule has 0 aliphatic heterocycles. The minimum Gasteiger partial charge on any atom is -0.310 e. The van der Waals surface area contributed by atoms with Gasteiger partial charge in [0.15, 0.2) is 0 Å². The molecule has 0 aliphatic rings. The van der Waals surface area contributed by atoms with Crippen LogP contribution >= 0.6 is 11.6 Å². The van der Waals surface area contributed by atoms with Gasteiger partial charge in [0.2, 0.25) is 0 Å².